The second-order valence-corrected chi connectivity index (χ2v) is 12.5. The molecule has 0 aromatic heterocycles. The third-order valence-corrected chi connectivity index (χ3v) is 7.92. The zero-order valence-electron chi connectivity index (χ0n) is 27.1. The summed E-state index contributed by atoms with van der Waals surface area (Å²) in [5, 5.41) is 3.48. The Kier molecular flexibility index (Phi) is 10.9. The van der Waals surface area contributed by atoms with Crippen LogP contribution in [0.25, 0.3) is 0 Å². The lowest BCUT2D eigenvalue weighted by Gasteiger charge is -2.42. The number of amides is 1. The van der Waals surface area contributed by atoms with Gasteiger partial charge in [-0.1, -0.05) is 24.3 Å². The Morgan fingerprint density at radius 2 is 1.76 bits per heavy atom. The Morgan fingerprint density at radius 1 is 0.956 bits per heavy atom. The number of nitrogens with one attached hydrogen (secondary N) is 1. The normalized spacial score (nSPS) is 16.4. The molecule has 3 aromatic carbocycles. The molecule has 1 atom stereocenters. The zero-order valence-corrected chi connectivity index (χ0v) is 27.1. The Hall–Kier alpha value is -4.11. The Morgan fingerprint density at radius 3 is 2.56 bits per heavy atom. The molecule has 9 heteroatoms. The number of ether oxygens (including phenoxy) is 5. The molecule has 2 aliphatic heterocycles. The summed E-state index contributed by atoms with van der Waals surface area (Å²) in [4.78, 5) is 17.1. The van der Waals surface area contributed by atoms with E-state index in [-0.39, 0.29) is 12.1 Å². The number of nitrogens with zero attached hydrogens (tertiary/aromatic N) is 2. The molecule has 2 aliphatic rings. The van der Waals surface area contributed by atoms with Gasteiger partial charge in [0.2, 0.25) is 0 Å². The summed E-state index contributed by atoms with van der Waals surface area (Å²) < 4.78 is 29.2. The minimum Gasteiger partial charge on any atom is -0.496 e. The molecule has 242 valence electrons. The molecule has 2 heterocycles. The predicted octanol–water partition coefficient (Wildman–Crippen LogP) is 6.54. The van der Waals surface area contributed by atoms with Gasteiger partial charge in [-0.3, -0.25) is 0 Å². The smallest absolute Gasteiger partial charge is 0.410 e. The third kappa shape index (κ3) is 9.20. The van der Waals surface area contributed by atoms with Crippen molar-refractivity contribution in [3.63, 3.8) is 0 Å². The number of rotatable bonds is 12. The van der Waals surface area contributed by atoms with Crippen LogP contribution in [0.15, 0.2) is 66.7 Å². The molecule has 1 amide bonds. The van der Waals surface area contributed by atoms with E-state index in [0.717, 1.165) is 60.0 Å². The van der Waals surface area contributed by atoms with Gasteiger partial charge in [0, 0.05) is 55.6 Å². The van der Waals surface area contributed by atoms with Crippen LogP contribution in [-0.4, -0.2) is 75.7 Å². The van der Waals surface area contributed by atoms with Crippen LogP contribution in [0.4, 0.5) is 16.2 Å². The Balaban J connectivity index is 1.16. The fourth-order valence-corrected chi connectivity index (χ4v) is 5.64. The van der Waals surface area contributed by atoms with E-state index in [4.69, 9.17) is 23.7 Å². The van der Waals surface area contributed by atoms with Crippen LogP contribution < -0.4 is 24.4 Å². The van der Waals surface area contributed by atoms with E-state index in [0.29, 0.717) is 46.1 Å². The molecule has 45 heavy (non-hydrogen) atoms. The number of para-hydroxylation sites is 1. The lowest BCUT2D eigenvalue weighted by atomic mass is 10.0. The van der Waals surface area contributed by atoms with Gasteiger partial charge in [0.05, 0.1) is 33.0 Å². The van der Waals surface area contributed by atoms with Crippen molar-refractivity contribution in [3.8, 4) is 17.2 Å². The number of fused-ring (bicyclic) bond motifs is 1. The molecule has 0 spiro atoms. The van der Waals surface area contributed by atoms with Crippen LogP contribution in [0.3, 0.4) is 0 Å². The summed E-state index contributed by atoms with van der Waals surface area (Å²) in [7, 11) is 1.67. The maximum Gasteiger partial charge on any atom is 0.410 e. The lowest BCUT2D eigenvalue weighted by Crippen LogP contribution is -2.57. The molecule has 0 radical (unpaired) electrons. The number of anilines is 2. The predicted molar refractivity (Wildman–Crippen MR) is 177 cm³/mol. The van der Waals surface area contributed by atoms with Crippen LogP contribution in [0.2, 0.25) is 0 Å². The van der Waals surface area contributed by atoms with Crippen LogP contribution in [0.1, 0.15) is 44.7 Å². The van der Waals surface area contributed by atoms with Gasteiger partial charge in [-0.05, 0) is 75.6 Å². The monoisotopic (exact) mass is 617 g/mol. The van der Waals surface area contributed by atoms with E-state index in [1.165, 1.54) is 5.56 Å². The molecule has 0 bridgehead atoms. The SMILES string of the molecule is COc1ccccc1COCCCOc1ccc(N2CCN(C(=O)OC(C)(C)C)C[C@@H]2COc2ccc3c(c2)NCCC3)cc1. The van der Waals surface area contributed by atoms with Gasteiger partial charge in [-0.15, -0.1) is 0 Å². The number of methoxy groups -OCH3 is 1. The van der Waals surface area contributed by atoms with Crippen molar-refractivity contribution in [1.82, 2.24) is 4.90 Å². The molecule has 3 aromatic rings. The first kappa shape index (κ1) is 32.3. The highest BCUT2D eigenvalue weighted by atomic mass is 16.6. The standard InChI is InChI=1S/C36H47N3O6/c1-36(2,3)45-35(40)38-19-20-39(30(24-38)26-44-32-15-12-27-10-7-18-37-33(27)23-32)29-13-16-31(17-14-29)43-22-8-21-42-25-28-9-5-6-11-34(28)41-4/h5-6,9,11-17,23,30,37H,7-8,10,18-22,24-26H2,1-4H3/t30-/m1/s1. The van der Waals surface area contributed by atoms with E-state index in [1.807, 2.05) is 63.2 Å². The average Bonchev–Trinajstić information content (AvgIpc) is 3.05. The minimum atomic E-state index is -0.548. The third-order valence-electron chi connectivity index (χ3n) is 7.92. The van der Waals surface area contributed by atoms with Gasteiger partial charge in [0.1, 0.15) is 29.5 Å². The van der Waals surface area contributed by atoms with Crippen LogP contribution in [-0.2, 0) is 22.5 Å². The summed E-state index contributed by atoms with van der Waals surface area (Å²) in [6, 6.07) is 22.3. The van der Waals surface area contributed by atoms with E-state index < -0.39 is 5.60 Å². The fraction of sp³-hybridized carbons (Fsp3) is 0.472. The van der Waals surface area contributed by atoms with Crippen molar-refractivity contribution in [2.75, 3.05) is 63.3 Å². The summed E-state index contributed by atoms with van der Waals surface area (Å²) in [6.45, 7) is 10.5. The van der Waals surface area contributed by atoms with Crippen molar-refractivity contribution in [1.29, 1.82) is 0 Å². The van der Waals surface area contributed by atoms with Gasteiger partial charge in [0.15, 0.2) is 0 Å². The molecule has 9 nitrogen and oxygen atoms in total. The lowest BCUT2D eigenvalue weighted by molar-refractivity contribution is 0.0201. The number of carbonyl (C=O) groups is 1. The number of benzene rings is 3. The van der Waals surface area contributed by atoms with E-state index in [9.17, 15) is 4.79 Å². The van der Waals surface area contributed by atoms with E-state index in [1.54, 1.807) is 12.0 Å². The highest BCUT2D eigenvalue weighted by Gasteiger charge is 2.33. The van der Waals surface area contributed by atoms with Gasteiger partial charge in [-0.2, -0.15) is 0 Å². The largest absolute Gasteiger partial charge is 0.496 e. The van der Waals surface area contributed by atoms with Crippen LogP contribution in [0.5, 0.6) is 17.2 Å². The average molecular weight is 618 g/mol. The summed E-state index contributed by atoms with van der Waals surface area (Å²) in [6.07, 6.45) is 2.72. The second-order valence-electron chi connectivity index (χ2n) is 12.5. The number of hydrogen-bond donors (Lipinski definition) is 1. The summed E-state index contributed by atoms with van der Waals surface area (Å²) in [5.41, 5.74) is 4.02. The number of hydrogen-bond acceptors (Lipinski definition) is 8. The van der Waals surface area contributed by atoms with Crippen molar-refractivity contribution in [3.05, 3.63) is 77.9 Å². The molecular formula is C36H47N3O6. The quantitative estimate of drug-likeness (QED) is 0.230. The number of piperazine rings is 1. The number of carbonyl (C=O) groups excluding carboxylic acids is 1. The van der Waals surface area contributed by atoms with Gasteiger partial charge >= 0.3 is 6.09 Å². The number of aryl methyl sites for hydroxylation is 1. The molecule has 0 unspecified atom stereocenters. The Bertz CT molecular complexity index is 1390. The molecule has 1 N–H and O–H groups in total. The van der Waals surface area contributed by atoms with Crippen molar-refractivity contribution < 1.29 is 28.5 Å². The maximum absolute atomic E-state index is 13.0. The van der Waals surface area contributed by atoms with E-state index >= 15 is 0 Å². The first-order valence-corrected chi connectivity index (χ1v) is 16.0. The van der Waals surface area contributed by atoms with Crippen molar-refractivity contribution in [2.24, 2.45) is 0 Å². The molecule has 0 aliphatic carbocycles. The summed E-state index contributed by atoms with van der Waals surface area (Å²) >= 11 is 0. The van der Waals surface area contributed by atoms with Crippen LogP contribution >= 0.6 is 0 Å². The first-order valence-electron chi connectivity index (χ1n) is 16.0. The molecule has 0 saturated carbocycles. The van der Waals surface area contributed by atoms with Crippen molar-refractivity contribution in [2.45, 2.75) is 58.3 Å². The minimum absolute atomic E-state index is 0.0533. The zero-order chi connectivity index (χ0) is 31.6. The maximum atomic E-state index is 13.0. The van der Waals surface area contributed by atoms with Gasteiger partial charge in [-0.25, -0.2) is 4.79 Å². The molecule has 5 rings (SSSR count). The molecule has 1 saturated heterocycles. The van der Waals surface area contributed by atoms with Gasteiger partial charge in [0.25, 0.3) is 0 Å². The topological polar surface area (TPSA) is 81.7 Å². The van der Waals surface area contributed by atoms with E-state index in [2.05, 4.69) is 34.5 Å². The van der Waals surface area contributed by atoms with Crippen LogP contribution in [0, 0.1) is 0 Å². The highest BCUT2D eigenvalue weighted by molar-refractivity contribution is 5.69. The molecular weight excluding hydrogens is 570 g/mol. The molecule has 1 fully saturated rings. The summed E-state index contributed by atoms with van der Waals surface area (Å²) in [5.74, 6) is 2.48. The first-order chi connectivity index (χ1) is 21.8. The second kappa shape index (κ2) is 15.3. The fourth-order valence-electron chi connectivity index (χ4n) is 5.64. The highest BCUT2D eigenvalue weighted by Crippen LogP contribution is 2.29. The van der Waals surface area contributed by atoms with Crippen molar-refractivity contribution >= 4 is 17.5 Å². The Labute approximate surface area is 267 Å². The van der Waals surface area contributed by atoms with Gasteiger partial charge < -0.3 is 38.8 Å².